The van der Waals surface area contributed by atoms with Gasteiger partial charge in [0.25, 0.3) is 0 Å². The van der Waals surface area contributed by atoms with Gasteiger partial charge in [0.1, 0.15) is 0 Å². The highest BCUT2D eigenvalue weighted by Crippen LogP contribution is 2.41. The molecule has 3 nitrogen and oxygen atoms in total. The molecule has 1 aromatic carbocycles. The summed E-state index contributed by atoms with van der Waals surface area (Å²) in [6, 6.07) is 8.95. The van der Waals surface area contributed by atoms with Crippen molar-refractivity contribution in [3.63, 3.8) is 0 Å². The Labute approximate surface area is 109 Å². The van der Waals surface area contributed by atoms with Crippen LogP contribution in [0.1, 0.15) is 30.4 Å². The first-order valence-corrected chi connectivity index (χ1v) is 6.34. The van der Waals surface area contributed by atoms with Crippen molar-refractivity contribution in [2.24, 2.45) is 10.7 Å². The summed E-state index contributed by atoms with van der Waals surface area (Å²) in [5, 5.41) is 3.27. The molecule has 1 saturated carbocycles. The fourth-order valence-corrected chi connectivity index (χ4v) is 2.16. The SMILES string of the molecule is C=C(C)CN=C(N)NC1CC1c1ccccc1C. The molecule has 2 unspecified atom stereocenters. The van der Waals surface area contributed by atoms with E-state index in [0.29, 0.717) is 24.5 Å². The van der Waals surface area contributed by atoms with Crippen LogP contribution < -0.4 is 11.1 Å². The zero-order chi connectivity index (χ0) is 13.1. The second-order valence-corrected chi connectivity index (χ2v) is 5.11. The van der Waals surface area contributed by atoms with Gasteiger partial charge in [0.15, 0.2) is 5.96 Å². The molecule has 0 radical (unpaired) electrons. The van der Waals surface area contributed by atoms with E-state index in [1.54, 1.807) is 0 Å². The topological polar surface area (TPSA) is 50.4 Å². The molecule has 0 aliphatic heterocycles. The van der Waals surface area contributed by atoms with Gasteiger partial charge in [-0.25, -0.2) is 4.99 Å². The lowest BCUT2D eigenvalue weighted by Gasteiger charge is -2.07. The zero-order valence-corrected chi connectivity index (χ0v) is 11.1. The largest absolute Gasteiger partial charge is 0.370 e. The van der Waals surface area contributed by atoms with E-state index >= 15 is 0 Å². The molecule has 0 bridgehead atoms. The number of hydrogen-bond donors (Lipinski definition) is 2. The molecule has 2 rings (SSSR count). The third-order valence-electron chi connectivity index (χ3n) is 3.23. The molecule has 3 N–H and O–H groups in total. The predicted molar refractivity (Wildman–Crippen MR) is 76.8 cm³/mol. The molecular formula is C15H21N3. The molecule has 1 fully saturated rings. The van der Waals surface area contributed by atoms with Crippen LogP contribution in [0, 0.1) is 6.92 Å². The Hall–Kier alpha value is -1.77. The lowest BCUT2D eigenvalue weighted by atomic mass is 10.0. The molecule has 0 saturated heterocycles. The number of nitrogens with zero attached hydrogens (tertiary/aromatic N) is 1. The van der Waals surface area contributed by atoms with Crippen molar-refractivity contribution in [2.75, 3.05) is 6.54 Å². The Morgan fingerprint density at radius 1 is 1.50 bits per heavy atom. The molecular weight excluding hydrogens is 222 g/mol. The molecule has 18 heavy (non-hydrogen) atoms. The molecule has 96 valence electrons. The summed E-state index contributed by atoms with van der Waals surface area (Å²) in [5.74, 6) is 1.10. The monoisotopic (exact) mass is 243 g/mol. The maximum atomic E-state index is 5.84. The summed E-state index contributed by atoms with van der Waals surface area (Å²) in [6.45, 7) is 8.51. The molecule has 1 aliphatic carbocycles. The van der Waals surface area contributed by atoms with E-state index in [1.807, 2.05) is 6.92 Å². The average molecular weight is 243 g/mol. The highest BCUT2D eigenvalue weighted by molar-refractivity contribution is 5.79. The van der Waals surface area contributed by atoms with Gasteiger partial charge in [0.2, 0.25) is 0 Å². The van der Waals surface area contributed by atoms with E-state index in [9.17, 15) is 0 Å². The number of nitrogens with one attached hydrogen (secondary N) is 1. The number of aryl methyl sites for hydroxylation is 1. The van der Waals surface area contributed by atoms with Gasteiger partial charge in [-0.3, -0.25) is 0 Å². The van der Waals surface area contributed by atoms with Gasteiger partial charge >= 0.3 is 0 Å². The Morgan fingerprint density at radius 2 is 2.22 bits per heavy atom. The minimum absolute atomic E-state index is 0.431. The van der Waals surface area contributed by atoms with Gasteiger partial charge in [-0.15, -0.1) is 0 Å². The highest BCUT2D eigenvalue weighted by atomic mass is 15.1. The minimum Gasteiger partial charge on any atom is -0.370 e. The van der Waals surface area contributed by atoms with Crippen molar-refractivity contribution in [3.05, 3.63) is 47.5 Å². The quantitative estimate of drug-likeness (QED) is 0.484. The third kappa shape index (κ3) is 3.13. The van der Waals surface area contributed by atoms with Crippen molar-refractivity contribution in [3.8, 4) is 0 Å². The van der Waals surface area contributed by atoms with Gasteiger partial charge < -0.3 is 11.1 Å². The second-order valence-electron chi connectivity index (χ2n) is 5.11. The van der Waals surface area contributed by atoms with Crippen molar-refractivity contribution in [1.29, 1.82) is 0 Å². The van der Waals surface area contributed by atoms with Crippen LogP contribution >= 0.6 is 0 Å². The van der Waals surface area contributed by atoms with Crippen LogP contribution in [0.15, 0.2) is 41.4 Å². The van der Waals surface area contributed by atoms with E-state index < -0.39 is 0 Å². The Bertz CT molecular complexity index is 476. The zero-order valence-electron chi connectivity index (χ0n) is 11.1. The predicted octanol–water partition coefficient (Wildman–Crippen LogP) is 2.33. The van der Waals surface area contributed by atoms with Crippen molar-refractivity contribution >= 4 is 5.96 Å². The Balaban J connectivity index is 1.91. The first kappa shape index (κ1) is 12.7. The van der Waals surface area contributed by atoms with Gasteiger partial charge in [-0.2, -0.15) is 0 Å². The minimum atomic E-state index is 0.431. The first-order chi connectivity index (χ1) is 8.58. The fourth-order valence-electron chi connectivity index (χ4n) is 2.16. The van der Waals surface area contributed by atoms with Crippen molar-refractivity contribution < 1.29 is 0 Å². The number of aliphatic imine (C=N–C) groups is 1. The Kier molecular flexibility index (Phi) is 3.70. The number of rotatable bonds is 4. The summed E-state index contributed by atoms with van der Waals surface area (Å²) < 4.78 is 0. The summed E-state index contributed by atoms with van der Waals surface area (Å²) in [4.78, 5) is 4.24. The standard InChI is InChI=1S/C15H21N3/c1-10(2)9-17-15(16)18-14-8-13(14)12-7-5-4-6-11(12)3/h4-7,13-14H,1,8-9H2,2-3H3,(H3,16,17,18). The van der Waals surface area contributed by atoms with Crippen LogP contribution in [-0.4, -0.2) is 18.5 Å². The van der Waals surface area contributed by atoms with Crippen LogP contribution in [0.5, 0.6) is 0 Å². The lowest BCUT2D eigenvalue weighted by molar-refractivity contribution is 0.849. The molecule has 0 heterocycles. The smallest absolute Gasteiger partial charge is 0.189 e. The molecule has 0 aromatic heterocycles. The molecule has 0 spiro atoms. The highest BCUT2D eigenvalue weighted by Gasteiger charge is 2.39. The molecule has 1 aliphatic rings. The summed E-state index contributed by atoms with van der Waals surface area (Å²) in [7, 11) is 0. The number of guanidine groups is 1. The van der Waals surface area contributed by atoms with Crippen LogP contribution in [-0.2, 0) is 0 Å². The fraction of sp³-hybridized carbons (Fsp3) is 0.400. The van der Waals surface area contributed by atoms with Gasteiger partial charge in [-0.1, -0.05) is 36.4 Å². The Morgan fingerprint density at radius 3 is 2.89 bits per heavy atom. The van der Waals surface area contributed by atoms with E-state index in [0.717, 1.165) is 12.0 Å². The van der Waals surface area contributed by atoms with Crippen LogP contribution in [0.3, 0.4) is 0 Å². The van der Waals surface area contributed by atoms with Gasteiger partial charge in [0, 0.05) is 12.0 Å². The molecule has 3 heteroatoms. The number of hydrogen-bond acceptors (Lipinski definition) is 1. The number of nitrogens with two attached hydrogens (primary N) is 1. The third-order valence-corrected chi connectivity index (χ3v) is 3.23. The maximum Gasteiger partial charge on any atom is 0.189 e. The summed E-state index contributed by atoms with van der Waals surface area (Å²) in [6.07, 6.45) is 1.13. The van der Waals surface area contributed by atoms with E-state index in [1.165, 1.54) is 11.1 Å². The van der Waals surface area contributed by atoms with E-state index in [2.05, 4.69) is 48.1 Å². The van der Waals surface area contributed by atoms with E-state index in [4.69, 9.17) is 5.73 Å². The van der Waals surface area contributed by atoms with Gasteiger partial charge in [-0.05, 0) is 31.4 Å². The van der Waals surface area contributed by atoms with Crippen LogP contribution in [0.4, 0.5) is 0 Å². The summed E-state index contributed by atoms with van der Waals surface area (Å²) >= 11 is 0. The maximum absolute atomic E-state index is 5.84. The average Bonchev–Trinajstić information content (AvgIpc) is 3.06. The van der Waals surface area contributed by atoms with Crippen LogP contribution in [0.25, 0.3) is 0 Å². The molecule has 2 atom stereocenters. The molecule has 1 aromatic rings. The van der Waals surface area contributed by atoms with E-state index in [-0.39, 0.29) is 0 Å². The second kappa shape index (κ2) is 5.25. The van der Waals surface area contributed by atoms with Crippen molar-refractivity contribution in [1.82, 2.24) is 5.32 Å². The van der Waals surface area contributed by atoms with Gasteiger partial charge in [0.05, 0.1) is 6.54 Å². The van der Waals surface area contributed by atoms with Crippen LogP contribution in [0.2, 0.25) is 0 Å². The van der Waals surface area contributed by atoms with Crippen molar-refractivity contribution in [2.45, 2.75) is 32.2 Å². The molecule has 0 amide bonds. The normalized spacial score (nSPS) is 22.7. The first-order valence-electron chi connectivity index (χ1n) is 6.34. The lowest BCUT2D eigenvalue weighted by Crippen LogP contribution is -2.34. The summed E-state index contributed by atoms with van der Waals surface area (Å²) in [5.41, 5.74) is 9.63. The number of benzene rings is 1.